The second-order valence-electron chi connectivity index (χ2n) is 5.29. The van der Waals surface area contributed by atoms with Crippen LogP contribution >= 0.6 is 0 Å². The molecule has 0 saturated carbocycles. The van der Waals surface area contributed by atoms with Gasteiger partial charge in [0.05, 0.1) is 6.42 Å². The van der Waals surface area contributed by atoms with Crippen LogP contribution in [0.2, 0.25) is 0 Å². The lowest BCUT2D eigenvalue weighted by molar-refractivity contribution is -0.124. The van der Waals surface area contributed by atoms with Crippen molar-refractivity contribution in [2.45, 2.75) is 33.6 Å². The van der Waals surface area contributed by atoms with Gasteiger partial charge in [-0.25, -0.2) is 0 Å². The molecule has 0 aliphatic carbocycles. The molecule has 0 saturated heterocycles. The van der Waals surface area contributed by atoms with Gasteiger partial charge in [-0.05, 0) is 30.2 Å². The van der Waals surface area contributed by atoms with Crippen LogP contribution < -0.4 is 10.6 Å². The van der Waals surface area contributed by atoms with Gasteiger partial charge in [0.1, 0.15) is 0 Å². The maximum absolute atomic E-state index is 12.0. The highest BCUT2D eigenvalue weighted by Crippen LogP contribution is 2.27. The van der Waals surface area contributed by atoms with Crippen molar-refractivity contribution in [3.05, 3.63) is 23.8 Å². The van der Waals surface area contributed by atoms with Gasteiger partial charge in [-0.15, -0.1) is 0 Å². The third-order valence-electron chi connectivity index (χ3n) is 3.49. The third kappa shape index (κ3) is 2.37. The Balaban J connectivity index is 2.15. The lowest BCUT2D eigenvalue weighted by atomic mass is 9.89. The normalized spacial score (nSPS) is 14.1. The molecular weight excluding hydrogens is 228 g/mol. The summed E-state index contributed by atoms with van der Waals surface area (Å²) in [6.07, 6.45) is 1.17. The van der Waals surface area contributed by atoms with E-state index in [4.69, 9.17) is 0 Å². The highest BCUT2D eigenvalue weighted by molar-refractivity contribution is 6.00. The SMILES string of the molecule is CCC(C)(C)C(=O)Nc1ccc2c(c1)CC(=O)N2. The molecule has 0 fully saturated rings. The molecule has 4 nitrogen and oxygen atoms in total. The largest absolute Gasteiger partial charge is 0.326 e. The number of carbonyl (C=O) groups is 2. The fourth-order valence-electron chi connectivity index (χ4n) is 1.77. The quantitative estimate of drug-likeness (QED) is 0.861. The second-order valence-corrected chi connectivity index (χ2v) is 5.29. The van der Waals surface area contributed by atoms with E-state index in [9.17, 15) is 9.59 Å². The first-order valence-corrected chi connectivity index (χ1v) is 6.16. The van der Waals surface area contributed by atoms with E-state index in [1.54, 1.807) is 0 Å². The van der Waals surface area contributed by atoms with E-state index in [0.717, 1.165) is 23.4 Å². The Morgan fingerprint density at radius 2 is 2.17 bits per heavy atom. The second kappa shape index (κ2) is 4.44. The Labute approximate surface area is 107 Å². The molecule has 0 unspecified atom stereocenters. The molecule has 2 rings (SSSR count). The minimum absolute atomic E-state index is 0.00207. The lowest BCUT2D eigenvalue weighted by Gasteiger charge is -2.21. The summed E-state index contributed by atoms with van der Waals surface area (Å²) in [5, 5.41) is 5.67. The summed E-state index contributed by atoms with van der Waals surface area (Å²) in [7, 11) is 0. The molecule has 0 bridgehead atoms. The summed E-state index contributed by atoms with van der Waals surface area (Å²) in [6, 6.07) is 5.50. The molecule has 0 aromatic heterocycles. The van der Waals surface area contributed by atoms with E-state index in [-0.39, 0.29) is 17.2 Å². The maximum Gasteiger partial charge on any atom is 0.230 e. The Morgan fingerprint density at radius 1 is 1.44 bits per heavy atom. The van der Waals surface area contributed by atoms with E-state index in [2.05, 4.69) is 10.6 Å². The summed E-state index contributed by atoms with van der Waals surface area (Å²) in [5.41, 5.74) is 2.14. The molecule has 18 heavy (non-hydrogen) atoms. The number of anilines is 2. The van der Waals surface area contributed by atoms with Crippen LogP contribution in [-0.2, 0) is 16.0 Å². The highest BCUT2D eigenvalue weighted by Gasteiger charge is 2.25. The lowest BCUT2D eigenvalue weighted by Crippen LogP contribution is -2.29. The van der Waals surface area contributed by atoms with Crippen molar-refractivity contribution in [2.75, 3.05) is 10.6 Å². The molecule has 96 valence electrons. The molecule has 1 aliphatic heterocycles. The molecule has 2 N–H and O–H groups in total. The van der Waals surface area contributed by atoms with Gasteiger partial charge in [-0.1, -0.05) is 20.8 Å². The van der Waals surface area contributed by atoms with Crippen molar-refractivity contribution in [3.8, 4) is 0 Å². The standard InChI is InChI=1S/C14H18N2O2/c1-4-14(2,3)13(18)15-10-5-6-11-9(7-10)8-12(17)16-11/h5-7H,4,8H2,1-3H3,(H,15,18)(H,16,17). The highest BCUT2D eigenvalue weighted by atomic mass is 16.2. The summed E-state index contributed by atoms with van der Waals surface area (Å²) < 4.78 is 0. The van der Waals surface area contributed by atoms with Gasteiger partial charge in [-0.3, -0.25) is 9.59 Å². The zero-order valence-electron chi connectivity index (χ0n) is 11.0. The number of amides is 2. The molecule has 0 atom stereocenters. The Hall–Kier alpha value is -1.84. The van der Waals surface area contributed by atoms with E-state index in [1.165, 1.54) is 0 Å². The molecule has 4 heteroatoms. The van der Waals surface area contributed by atoms with Crippen LogP contribution in [0.3, 0.4) is 0 Å². The van der Waals surface area contributed by atoms with E-state index >= 15 is 0 Å². The fraction of sp³-hybridized carbons (Fsp3) is 0.429. The Bertz CT molecular complexity index is 507. The summed E-state index contributed by atoms with van der Waals surface area (Å²) in [4.78, 5) is 23.3. The molecule has 1 heterocycles. The zero-order chi connectivity index (χ0) is 13.3. The molecule has 0 spiro atoms. The smallest absolute Gasteiger partial charge is 0.230 e. The minimum atomic E-state index is -0.382. The zero-order valence-corrected chi connectivity index (χ0v) is 11.0. The molecule has 1 aromatic carbocycles. The summed E-state index contributed by atoms with van der Waals surface area (Å²) in [6.45, 7) is 5.83. The van der Waals surface area contributed by atoms with Gasteiger partial charge < -0.3 is 10.6 Å². The van der Waals surface area contributed by atoms with Crippen LogP contribution in [0, 0.1) is 5.41 Å². The molecular formula is C14H18N2O2. The minimum Gasteiger partial charge on any atom is -0.326 e. The van der Waals surface area contributed by atoms with Crippen molar-refractivity contribution >= 4 is 23.2 Å². The maximum atomic E-state index is 12.0. The molecule has 2 amide bonds. The molecule has 1 aromatic rings. The van der Waals surface area contributed by atoms with Crippen LogP contribution in [0.25, 0.3) is 0 Å². The van der Waals surface area contributed by atoms with Gasteiger partial charge in [0.2, 0.25) is 11.8 Å². The average molecular weight is 246 g/mol. The van der Waals surface area contributed by atoms with Crippen molar-refractivity contribution in [1.82, 2.24) is 0 Å². The van der Waals surface area contributed by atoms with E-state index in [1.807, 2.05) is 39.0 Å². The van der Waals surface area contributed by atoms with Gasteiger partial charge in [-0.2, -0.15) is 0 Å². The Kier molecular flexibility index (Phi) is 3.11. The van der Waals surface area contributed by atoms with Gasteiger partial charge in [0, 0.05) is 16.8 Å². The summed E-state index contributed by atoms with van der Waals surface area (Å²) >= 11 is 0. The number of rotatable bonds is 3. The summed E-state index contributed by atoms with van der Waals surface area (Å²) in [5.74, 6) is 0.00426. The van der Waals surface area contributed by atoms with Gasteiger partial charge >= 0.3 is 0 Å². The molecule has 1 aliphatic rings. The first-order valence-electron chi connectivity index (χ1n) is 6.16. The number of carbonyl (C=O) groups excluding carboxylic acids is 2. The van der Waals surface area contributed by atoms with Crippen LogP contribution in [0.4, 0.5) is 11.4 Å². The van der Waals surface area contributed by atoms with Gasteiger partial charge in [0.25, 0.3) is 0 Å². The van der Waals surface area contributed by atoms with Crippen LogP contribution in [0.1, 0.15) is 32.8 Å². The first kappa shape index (κ1) is 12.6. The van der Waals surface area contributed by atoms with Crippen molar-refractivity contribution in [3.63, 3.8) is 0 Å². The van der Waals surface area contributed by atoms with Gasteiger partial charge in [0.15, 0.2) is 0 Å². The number of hydrogen-bond donors (Lipinski definition) is 2. The number of benzene rings is 1. The van der Waals surface area contributed by atoms with Crippen LogP contribution in [-0.4, -0.2) is 11.8 Å². The number of nitrogens with one attached hydrogen (secondary N) is 2. The van der Waals surface area contributed by atoms with Crippen molar-refractivity contribution in [1.29, 1.82) is 0 Å². The number of hydrogen-bond acceptors (Lipinski definition) is 2. The molecule has 0 radical (unpaired) electrons. The van der Waals surface area contributed by atoms with E-state index < -0.39 is 0 Å². The van der Waals surface area contributed by atoms with Crippen molar-refractivity contribution in [2.24, 2.45) is 5.41 Å². The monoisotopic (exact) mass is 246 g/mol. The topological polar surface area (TPSA) is 58.2 Å². The Morgan fingerprint density at radius 3 is 2.83 bits per heavy atom. The third-order valence-corrected chi connectivity index (χ3v) is 3.49. The number of fused-ring (bicyclic) bond motifs is 1. The predicted molar refractivity (Wildman–Crippen MR) is 71.5 cm³/mol. The predicted octanol–water partition coefficient (Wildman–Crippen LogP) is 2.56. The fourth-order valence-corrected chi connectivity index (χ4v) is 1.77. The first-order chi connectivity index (χ1) is 8.42. The van der Waals surface area contributed by atoms with Crippen molar-refractivity contribution < 1.29 is 9.59 Å². The average Bonchev–Trinajstić information content (AvgIpc) is 2.68. The van der Waals surface area contributed by atoms with E-state index in [0.29, 0.717) is 6.42 Å². The van der Waals surface area contributed by atoms with Crippen LogP contribution in [0.15, 0.2) is 18.2 Å². The van der Waals surface area contributed by atoms with Crippen LogP contribution in [0.5, 0.6) is 0 Å².